The minimum absolute atomic E-state index is 0.151. The average molecular weight is 306 g/mol. The monoisotopic (exact) mass is 305 g/mol. The number of hydrogen-bond acceptors (Lipinski definition) is 4. The molecule has 0 spiro atoms. The fourth-order valence-corrected chi connectivity index (χ4v) is 1.54. The lowest BCUT2D eigenvalue weighted by Crippen LogP contribution is -2.29. The summed E-state index contributed by atoms with van der Waals surface area (Å²) in [6.45, 7) is 2.44. The van der Waals surface area contributed by atoms with Gasteiger partial charge in [-0.15, -0.1) is 0 Å². The van der Waals surface area contributed by atoms with E-state index in [-0.39, 0.29) is 16.2 Å². The Labute approximate surface area is 107 Å². The first kappa shape index (κ1) is 13.9. The summed E-state index contributed by atoms with van der Waals surface area (Å²) in [4.78, 5) is 10.2. The Hall–Kier alpha value is -1.21. The van der Waals surface area contributed by atoms with Crippen LogP contribution in [0.3, 0.4) is 0 Å². The zero-order valence-corrected chi connectivity index (χ0v) is 11.0. The number of anilines is 1. The molecule has 1 atom stereocenters. The molecule has 0 saturated heterocycles. The molecule has 94 valence electrons. The molecule has 2 N–H and O–H groups in total. The van der Waals surface area contributed by atoms with E-state index >= 15 is 0 Å². The molecule has 0 aromatic heterocycles. The molecule has 1 aromatic carbocycles. The van der Waals surface area contributed by atoms with Crippen LogP contribution in [0.25, 0.3) is 0 Å². The third kappa shape index (κ3) is 3.64. The van der Waals surface area contributed by atoms with E-state index in [9.17, 15) is 14.5 Å². The molecule has 0 bridgehead atoms. The minimum atomic E-state index is -0.649. The van der Waals surface area contributed by atoms with Gasteiger partial charge >= 0.3 is 0 Å². The quantitative estimate of drug-likeness (QED) is 0.648. The van der Waals surface area contributed by atoms with E-state index in [2.05, 4.69) is 26.6 Å². The molecule has 0 radical (unpaired) electrons. The van der Waals surface area contributed by atoms with Crippen LogP contribution < -0.4 is 10.6 Å². The molecule has 0 heterocycles. The van der Waals surface area contributed by atoms with E-state index in [4.69, 9.17) is 0 Å². The molecule has 0 fully saturated rings. The van der Waals surface area contributed by atoms with Crippen molar-refractivity contribution >= 4 is 27.3 Å². The lowest BCUT2D eigenvalue weighted by molar-refractivity contribution is -0.384. The zero-order chi connectivity index (χ0) is 13.0. The zero-order valence-electron chi connectivity index (χ0n) is 9.46. The van der Waals surface area contributed by atoms with E-state index in [1.807, 2.05) is 6.92 Å². The first-order valence-electron chi connectivity index (χ1n) is 5.00. The van der Waals surface area contributed by atoms with E-state index in [0.29, 0.717) is 12.2 Å². The molecule has 1 aromatic rings. The lowest BCUT2D eigenvalue weighted by atomic mass is 10.2. The molecule has 7 heteroatoms. The smallest absolute Gasteiger partial charge is 0.295 e. The topological polar surface area (TPSA) is 67.2 Å². The van der Waals surface area contributed by atoms with Crippen molar-refractivity contribution < 1.29 is 9.31 Å². The van der Waals surface area contributed by atoms with E-state index in [0.717, 1.165) is 6.07 Å². The van der Waals surface area contributed by atoms with E-state index in [1.54, 1.807) is 7.05 Å². The Balaban J connectivity index is 2.96. The molecule has 0 aliphatic carbocycles. The van der Waals surface area contributed by atoms with Crippen LogP contribution in [0.5, 0.6) is 0 Å². The summed E-state index contributed by atoms with van der Waals surface area (Å²) in [5, 5.41) is 16.7. The first-order chi connectivity index (χ1) is 7.95. The number of halogens is 2. The molecule has 0 amide bonds. The summed E-state index contributed by atoms with van der Waals surface area (Å²) < 4.78 is 13.4. The Morgan fingerprint density at radius 1 is 1.59 bits per heavy atom. The molecule has 1 rings (SSSR count). The second-order valence-corrected chi connectivity index (χ2v) is 4.47. The van der Waals surface area contributed by atoms with Crippen LogP contribution in [0.1, 0.15) is 6.92 Å². The molecule has 0 saturated carbocycles. The maximum absolute atomic E-state index is 13.2. The highest BCUT2D eigenvalue weighted by Crippen LogP contribution is 2.30. The Bertz CT molecular complexity index is 428. The van der Waals surface area contributed by atoms with Gasteiger partial charge in [0.2, 0.25) is 0 Å². The number of benzene rings is 1. The van der Waals surface area contributed by atoms with Gasteiger partial charge in [0.25, 0.3) is 5.69 Å². The van der Waals surface area contributed by atoms with Crippen LogP contribution >= 0.6 is 15.9 Å². The van der Waals surface area contributed by atoms with Gasteiger partial charge in [0.1, 0.15) is 11.5 Å². The molecule has 1 unspecified atom stereocenters. The normalized spacial score (nSPS) is 12.2. The highest BCUT2D eigenvalue weighted by Gasteiger charge is 2.17. The number of rotatable bonds is 5. The summed E-state index contributed by atoms with van der Waals surface area (Å²) in [7, 11) is 1.79. The van der Waals surface area contributed by atoms with Gasteiger partial charge in [-0.3, -0.25) is 10.1 Å². The van der Waals surface area contributed by atoms with Gasteiger partial charge in [0.15, 0.2) is 0 Å². The van der Waals surface area contributed by atoms with Crippen molar-refractivity contribution in [3.63, 3.8) is 0 Å². The number of nitrogens with one attached hydrogen (secondary N) is 2. The van der Waals surface area contributed by atoms with Gasteiger partial charge in [-0.05, 0) is 36.0 Å². The van der Waals surface area contributed by atoms with Crippen molar-refractivity contribution in [2.45, 2.75) is 13.0 Å². The number of nitro benzene ring substituents is 1. The summed E-state index contributed by atoms with van der Waals surface area (Å²) in [5.74, 6) is -0.649. The van der Waals surface area contributed by atoms with Gasteiger partial charge in [-0.1, -0.05) is 0 Å². The number of nitrogens with zero attached hydrogens (tertiary/aromatic N) is 1. The fourth-order valence-electron chi connectivity index (χ4n) is 1.19. The third-order valence-electron chi connectivity index (χ3n) is 2.33. The fraction of sp³-hybridized carbons (Fsp3) is 0.400. The maximum atomic E-state index is 13.2. The van der Waals surface area contributed by atoms with Crippen molar-refractivity contribution in [1.82, 2.24) is 5.32 Å². The van der Waals surface area contributed by atoms with Gasteiger partial charge in [0.05, 0.1) is 15.5 Å². The third-order valence-corrected chi connectivity index (χ3v) is 2.93. The molecule has 5 nitrogen and oxygen atoms in total. The Kier molecular flexibility index (Phi) is 4.83. The van der Waals surface area contributed by atoms with Crippen LogP contribution in [0, 0.1) is 15.9 Å². The molecule has 0 aliphatic rings. The van der Waals surface area contributed by atoms with Crippen molar-refractivity contribution in [3.8, 4) is 0 Å². The van der Waals surface area contributed by atoms with Crippen LogP contribution in [-0.4, -0.2) is 24.6 Å². The second kappa shape index (κ2) is 5.92. The average Bonchev–Trinajstić information content (AvgIpc) is 2.29. The maximum Gasteiger partial charge on any atom is 0.295 e. The van der Waals surface area contributed by atoms with Crippen LogP contribution in [0.15, 0.2) is 16.6 Å². The lowest BCUT2D eigenvalue weighted by Gasteiger charge is -2.13. The van der Waals surface area contributed by atoms with Gasteiger partial charge in [-0.2, -0.15) is 0 Å². The van der Waals surface area contributed by atoms with Crippen LogP contribution in [-0.2, 0) is 0 Å². The molecule has 17 heavy (non-hydrogen) atoms. The predicted molar refractivity (Wildman–Crippen MR) is 67.8 cm³/mol. The SMILES string of the molecule is CNC(C)CNc1cc(Br)c(F)cc1[N+](=O)[O-]. The van der Waals surface area contributed by atoms with Crippen LogP contribution in [0.2, 0.25) is 0 Å². The van der Waals surface area contributed by atoms with Crippen molar-refractivity contribution in [2.75, 3.05) is 18.9 Å². The van der Waals surface area contributed by atoms with Crippen molar-refractivity contribution in [3.05, 3.63) is 32.5 Å². The van der Waals surface area contributed by atoms with Crippen LogP contribution in [0.4, 0.5) is 15.8 Å². The second-order valence-electron chi connectivity index (χ2n) is 3.61. The highest BCUT2D eigenvalue weighted by atomic mass is 79.9. The van der Waals surface area contributed by atoms with Crippen molar-refractivity contribution in [2.24, 2.45) is 0 Å². The number of hydrogen-bond donors (Lipinski definition) is 2. The van der Waals surface area contributed by atoms with Gasteiger partial charge in [0, 0.05) is 12.6 Å². The van der Waals surface area contributed by atoms with E-state index in [1.165, 1.54) is 6.07 Å². The number of likely N-dealkylation sites (N-methyl/N-ethyl adjacent to an activating group) is 1. The molecule has 0 aliphatic heterocycles. The molecular weight excluding hydrogens is 293 g/mol. The predicted octanol–water partition coefficient (Wildman–Crippen LogP) is 2.52. The van der Waals surface area contributed by atoms with E-state index < -0.39 is 10.7 Å². The summed E-state index contributed by atoms with van der Waals surface area (Å²) in [6, 6.07) is 2.42. The summed E-state index contributed by atoms with van der Waals surface area (Å²) in [5.41, 5.74) is 0.0272. The standard InChI is InChI=1S/C10H13BrFN3O2/c1-6(13-2)5-14-9-3-7(11)8(12)4-10(9)15(16)17/h3-4,6,13-14H,5H2,1-2H3. The Morgan fingerprint density at radius 3 is 2.76 bits per heavy atom. The first-order valence-corrected chi connectivity index (χ1v) is 5.79. The molecular formula is C10H13BrFN3O2. The highest BCUT2D eigenvalue weighted by molar-refractivity contribution is 9.10. The van der Waals surface area contributed by atoms with Gasteiger partial charge in [-0.25, -0.2) is 4.39 Å². The largest absolute Gasteiger partial charge is 0.378 e. The van der Waals surface area contributed by atoms with Crippen molar-refractivity contribution in [1.29, 1.82) is 0 Å². The summed E-state index contributed by atoms with van der Waals surface area (Å²) in [6.07, 6.45) is 0. The van der Waals surface area contributed by atoms with Gasteiger partial charge < -0.3 is 10.6 Å². The Morgan fingerprint density at radius 2 is 2.24 bits per heavy atom. The summed E-state index contributed by atoms with van der Waals surface area (Å²) >= 11 is 3.00. The minimum Gasteiger partial charge on any atom is -0.378 e. The number of nitro groups is 1.